The van der Waals surface area contributed by atoms with Crippen molar-refractivity contribution in [3.63, 3.8) is 0 Å². The van der Waals surface area contributed by atoms with Crippen LogP contribution in [-0.2, 0) is 16.0 Å². The average Bonchev–Trinajstić information content (AvgIpc) is 2.41. The second kappa shape index (κ2) is 5.70. The molecule has 0 unspecified atom stereocenters. The number of aromatic nitrogens is 1. The zero-order chi connectivity index (χ0) is 13.9. The standard InChI is InChI=1S/C15H22N2O2/c1-12-5-4-6-13(16-12)11-15(14(18)19-3)7-9-17(2)10-8-15/h4-6H,7-11H2,1-3H3. The zero-order valence-corrected chi connectivity index (χ0v) is 12.0. The number of piperidine rings is 1. The van der Waals surface area contributed by atoms with Crippen LogP contribution in [0.25, 0.3) is 0 Å². The summed E-state index contributed by atoms with van der Waals surface area (Å²) in [6.07, 6.45) is 2.35. The number of pyridine rings is 1. The third kappa shape index (κ3) is 3.13. The van der Waals surface area contributed by atoms with Gasteiger partial charge in [0.1, 0.15) is 0 Å². The summed E-state index contributed by atoms with van der Waals surface area (Å²) in [5.74, 6) is -0.0936. The molecule has 2 heterocycles. The lowest BCUT2D eigenvalue weighted by atomic mass is 9.74. The van der Waals surface area contributed by atoms with Gasteiger partial charge in [0, 0.05) is 17.8 Å². The molecule has 0 aromatic carbocycles. The van der Waals surface area contributed by atoms with E-state index in [1.807, 2.05) is 25.1 Å². The van der Waals surface area contributed by atoms with Crippen molar-refractivity contribution in [2.45, 2.75) is 26.2 Å². The summed E-state index contributed by atoms with van der Waals surface area (Å²) in [6, 6.07) is 5.97. The van der Waals surface area contributed by atoms with Crippen LogP contribution in [0.3, 0.4) is 0 Å². The highest BCUT2D eigenvalue weighted by Gasteiger charge is 2.42. The Balaban J connectivity index is 2.21. The molecule has 4 heteroatoms. The van der Waals surface area contributed by atoms with Gasteiger partial charge in [0.2, 0.25) is 0 Å². The third-order valence-electron chi connectivity index (χ3n) is 4.03. The van der Waals surface area contributed by atoms with Gasteiger partial charge in [-0.25, -0.2) is 0 Å². The first-order valence-corrected chi connectivity index (χ1v) is 6.75. The normalized spacial score (nSPS) is 19.1. The number of likely N-dealkylation sites (tertiary alicyclic amines) is 1. The van der Waals surface area contributed by atoms with E-state index in [2.05, 4.69) is 16.9 Å². The second-order valence-electron chi connectivity index (χ2n) is 5.52. The summed E-state index contributed by atoms with van der Waals surface area (Å²) in [6.45, 7) is 3.84. The number of methoxy groups -OCH3 is 1. The van der Waals surface area contributed by atoms with Crippen molar-refractivity contribution in [3.05, 3.63) is 29.6 Å². The maximum atomic E-state index is 12.2. The van der Waals surface area contributed by atoms with Crippen LogP contribution in [0.5, 0.6) is 0 Å². The van der Waals surface area contributed by atoms with Crippen LogP contribution in [0.15, 0.2) is 18.2 Å². The lowest BCUT2D eigenvalue weighted by molar-refractivity contribution is -0.155. The van der Waals surface area contributed by atoms with Gasteiger partial charge in [-0.15, -0.1) is 0 Å². The van der Waals surface area contributed by atoms with Crippen molar-refractivity contribution >= 4 is 5.97 Å². The molecule has 0 bridgehead atoms. The molecule has 1 aliphatic heterocycles. The number of ether oxygens (including phenoxy) is 1. The van der Waals surface area contributed by atoms with Gasteiger partial charge in [-0.05, 0) is 52.0 Å². The minimum Gasteiger partial charge on any atom is -0.469 e. The highest BCUT2D eigenvalue weighted by Crippen LogP contribution is 2.35. The number of nitrogens with zero attached hydrogens (tertiary/aromatic N) is 2. The first-order valence-electron chi connectivity index (χ1n) is 6.75. The van der Waals surface area contributed by atoms with Crippen LogP contribution < -0.4 is 0 Å². The van der Waals surface area contributed by atoms with Crippen molar-refractivity contribution in [1.29, 1.82) is 0 Å². The number of hydrogen-bond acceptors (Lipinski definition) is 4. The van der Waals surface area contributed by atoms with Crippen LogP contribution in [0.2, 0.25) is 0 Å². The average molecular weight is 262 g/mol. The van der Waals surface area contributed by atoms with E-state index in [9.17, 15) is 4.79 Å². The summed E-state index contributed by atoms with van der Waals surface area (Å²) >= 11 is 0. The summed E-state index contributed by atoms with van der Waals surface area (Å²) in [5.41, 5.74) is 1.57. The number of aryl methyl sites for hydroxylation is 1. The molecule has 104 valence electrons. The van der Waals surface area contributed by atoms with E-state index >= 15 is 0 Å². The molecule has 0 N–H and O–H groups in total. The van der Waals surface area contributed by atoms with E-state index in [1.54, 1.807) is 0 Å². The molecule has 4 nitrogen and oxygen atoms in total. The van der Waals surface area contributed by atoms with E-state index in [0.717, 1.165) is 37.3 Å². The zero-order valence-electron chi connectivity index (χ0n) is 12.0. The van der Waals surface area contributed by atoms with Crippen molar-refractivity contribution in [2.75, 3.05) is 27.2 Å². The largest absolute Gasteiger partial charge is 0.469 e. The van der Waals surface area contributed by atoms with Gasteiger partial charge in [-0.2, -0.15) is 0 Å². The topological polar surface area (TPSA) is 42.4 Å². The van der Waals surface area contributed by atoms with E-state index in [1.165, 1.54) is 7.11 Å². The second-order valence-corrected chi connectivity index (χ2v) is 5.52. The number of carbonyl (C=O) groups excluding carboxylic acids is 1. The van der Waals surface area contributed by atoms with Crippen LogP contribution in [-0.4, -0.2) is 43.1 Å². The fourth-order valence-electron chi connectivity index (χ4n) is 2.76. The minimum absolute atomic E-state index is 0.0936. The Hall–Kier alpha value is -1.42. The van der Waals surface area contributed by atoms with Gasteiger partial charge in [0.05, 0.1) is 12.5 Å². The molecule has 0 spiro atoms. The van der Waals surface area contributed by atoms with Crippen molar-refractivity contribution in [3.8, 4) is 0 Å². The maximum Gasteiger partial charge on any atom is 0.312 e. The summed E-state index contributed by atoms with van der Waals surface area (Å²) in [7, 11) is 3.57. The lowest BCUT2D eigenvalue weighted by Crippen LogP contribution is -2.45. The molecule has 19 heavy (non-hydrogen) atoms. The first kappa shape index (κ1) is 14.0. The molecule has 0 aliphatic carbocycles. The lowest BCUT2D eigenvalue weighted by Gasteiger charge is -2.38. The molecular weight excluding hydrogens is 240 g/mol. The van der Waals surface area contributed by atoms with Gasteiger partial charge < -0.3 is 9.64 Å². The highest BCUT2D eigenvalue weighted by atomic mass is 16.5. The van der Waals surface area contributed by atoms with Crippen LogP contribution >= 0.6 is 0 Å². The number of rotatable bonds is 3. The monoisotopic (exact) mass is 262 g/mol. The Morgan fingerprint density at radius 1 is 1.42 bits per heavy atom. The third-order valence-corrected chi connectivity index (χ3v) is 4.03. The highest BCUT2D eigenvalue weighted by molar-refractivity contribution is 5.77. The summed E-state index contributed by atoms with van der Waals surface area (Å²) < 4.78 is 5.05. The smallest absolute Gasteiger partial charge is 0.312 e. The molecule has 1 fully saturated rings. The fraction of sp³-hybridized carbons (Fsp3) is 0.600. The van der Waals surface area contributed by atoms with Crippen LogP contribution in [0.4, 0.5) is 0 Å². The van der Waals surface area contributed by atoms with Crippen molar-refractivity contribution < 1.29 is 9.53 Å². The SMILES string of the molecule is COC(=O)C1(Cc2cccc(C)n2)CCN(C)CC1. The predicted molar refractivity (Wildman–Crippen MR) is 73.9 cm³/mol. The van der Waals surface area contributed by atoms with E-state index in [-0.39, 0.29) is 5.97 Å². The Morgan fingerprint density at radius 2 is 2.11 bits per heavy atom. The Bertz CT molecular complexity index is 451. The molecule has 2 rings (SSSR count). The minimum atomic E-state index is -0.401. The molecule has 1 aromatic heterocycles. The Morgan fingerprint density at radius 3 is 2.68 bits per heavy atom. The van der Waals surface area contributed by atoms with Gasteiger partial charge >= 0.3 is 5.97 Å². The van der Waals surface area contributed by atoms with Crippen LogP contribution in [0, 0.1) is 12.3 Å². The molecule has 0 atom stereocenters. The molecule has 1 saturated heterocycles. The summed E-state index contributed by atoms with van der Waals surface area (Å²) in [4.78, 5) is 19.0. The molecular formula is C15H22N2O2. The van der Waals surface area contributed by atoms with Crippen LogP contribution in [0.1, 0.15) is 24.2 Å². The van der Waals surface area contributed by atoms with E-state index in [0.29, 0.717) is 6.42 Å². The summed E-state index contributed by atoms with van der Waals surface area (Å²) in [5, 5.41) is 0. The van der Waals surface area contributed by atoms with Crippen molar-refractivity contribution in [2.24, 2.45) is 5.41 Å². The molecule has 0 amide bonds. The van der Waals surface area contributed by atoms with Gasteiger partial charge in [0.15, 0.2) is 0 Å². The molecule has 0 saturated carbocycles. The fourth-order valence-corrected chi connectivity index (χ4v) is 2.76. The first-order chi connectivity index (χ1) is 9.05. The molecule has 0 radical (unpaired) electrons. The number of esters is 1. The molecule has 1 aliphatic rings. The van der Waals surface area contributed by atoms with E-state index < -0.39 is 5.41 Å². The molecule has 1 aromatic rings. The van der Waals surface area contributed by atoms with E-state index in [4.69, 9.17) is 4.74 Å². The predicted octanol–water partition coefficient (Wildman–Crippen LogP) is 1.82. The number of carbonyl (C=O) groups is 1. The van der Waals surface area contributed by atoms with Gasteiger partial charge in [0.25, 0.3) is 0 Å². The number of hydrogen-bond donors (Lipinski definition) is 0. The van der Waals surface area contributed by atoms with Gasteiger partial charge in [-0.3, -0.25) is 9.78 Å². The Kier molecular flexibility index (Phi) is 4.20. The van der Waals surface area contributed by atoms with Gasteiger partial charge in [-0.1, -0.05) is 6.07 Å². The Labute approximate surface area is 114 Å². The maximum absolute atomic E-state index is 12.2. The quantitative estimate of drug-likeness (QED) is 0.779. The van der Waals surface area contributed by atoms with Crippen molar-refractivity contribution in [1.82, 2.24) is 9.88 Å².